The van der Waals surface area contributed by atoms with E-state index in [1.165, 1.54) is 11.1 Å². The van der Waals surface area contributed by atoms with Gasteiger partial charge in [0.2, 0.25) is 5.91 Å². The van der Waals surface area contributed by atoms with Crippen LogP contribution in [0, 0.1) is 5.92 Å². The molecule has 2 heterocycles. The number of nitrogen functional groups attached to an aromatic ring is 1. The first-order valence-electron chi connectivity index (χ1n) is 10.1. The van der Waals surface area contributed by atoms with E-state index < -0.39 is 0 Å². The molecular formula is C23H30ClN3O. The van der Waals surface area contributed by atoms with Crippen molar-refractivity contribution in [3.05, 3.63) is 59.7 Å². The maximum absolute atomic E-state index is 12.9. The van der Waals surface area contributed by atoms with Gasteiger partial charge in [-0.1, -0.05) is 36.4 Å². The molecule has 4 rings (SSSR count). The van der Waals surface area contributed by atoms with Gasteiger partial charge in [0, 0.05) is 31.0 Å². The number of piperidine rings is 1. The second-order valence-electron chi connectivity index (χ2n) is 7.88. The summed E-state index contributed by atoms with van der Waals surface area (Å²) in [7, 11) is 0. The first-order chi connectivity index (χ1) is 13.2. The maximum atomic E-state index is 12.9. The van der Waals surface area contributed by atoms with Gasteiger partial charge in [0.25, 0.3) is 0 Å². The Kier molecular flexibility index (Phi) is 6.84. The fourth-order valence-electron chi connectivity index (χ4n) is 4.49. The lowest BCUT2D eigenvalue weighted by Gasteiger charge is -2.36. The van der Waals surface area contributed by atoms with Crippen LogP contribution in [0.3, 0.4) is 0 Å². The lowest BCUT2D eigenvalue weighted by atomic mass is 9.90. The van der Waals surface area contributed by atoms with Crippen LogP contribution in [0.2, 0.25) is 0 Å². The number of carbonyl (C=O) groups excluding carboxylic acids is 1. The summed E-state index contributed by atoms with van der Waals surface area (Å²) in [4.78, 5) is 17.2. The van der Waals surface area contributed by atoms with Gasteiger partial charge in [-0.3, -0.25) is 4.79 Å². The van der Waals surface area contributed by atoms with E-state index >= 15 is 0 Å². The summed E-state index contributed by atoms with van der Waals surface area (Å²) in [6, 6.07) is 16.7. The van der Waals surface area contributed by atoms with Crippen molar-refractivity contribution in [1.29, 1.82) is 0 Å². The zero-order valence-electron chi connectivity index (χ0n) is 16.3. The van der Waals surface area contributed by atoms with E-state index in [4.69, 9.17) is 5.73 Å². The van der Waals surface area contributed by atoms with Gasteiger partial charge in [0.1, 0.15) is 0 Å². The molecule has 1 saturated heterocycles. The normalized spacial score (nSPS) is 17.0. The number of nitrogens with zero attached hydrogens (tertiary/aromatic N) is 2. The maximum Gasteiger partial charge on any atom is 0.242 e. The van der Waals surface area contributed by atoms with Crippen molar-refractivity contribution in [2.45, 2.75) is 32.1 Å². The van der Waals surface area contributed by atoms with Gasteiger partial charge >= 0.3 is 0 Å². The molecule has 0 aromatic heterocycles. The number of anilines is 2. The van der Waals surface area contributed by atoms with E-state index in [1.54, 1.807) is 0 Å². The average Bonchev–Trinajstić information content (AvgIpc) is 2.70. The summed E-state index contributed by atoms with van der Waals surface area (Å²) in [5, 5.41) is 0. The number of hydrogen-bond donors (Lipinski definition) is 1. The molecule has 0 bridgehead atoms. The van der Waals surface area contributed by atoms with Gasteiger partial charge in [-0.15, -0.1) is 12.4 Å². The van der Waals surface area contributed by atoms with Crippen molar-refractivity contribution < 1.29 is 4.79 Å². The zero-order valence-corrected chi connectivity index (χ0v) is 17.2. The number of carbonyl (C=O) groups is 1. The van der Waals surface area contributed by atoms with Gasteiger partial charge in [-0.2, -0.15) is 0 Å². The Morgan fingerprint density at radius 1 is 1.00 bits per heavy atom. The number of halogens is 1. The molecule has 4 nitrogen and oxygen atoms in total. The minimum atomic E-state index is 0. The molecule has 0 aliphatic carbocycles. The lowest BCUT2D eigenvalue weighted by Crippen LogP contribution is -2.45. The van der Waals surface area contributed by atoms with E-state index in [9.17, 15) is 4.79 Å². The molecule has 2 aromatic carbocycles. The molecule has 0 saturated carbocycles. The molecule has 0 unspecified atom stereocenters. The number of amides is 1. The highest BCUT2D eigenvalue weighted by Crippen LogP contribution is 2.31. The van der Waals surface area contributed by atoms with Crippen molar-refractivity contribution >= 4 is 29.7 Å². The molecule has 150 valence electrons. The van der Waals surface area contributed by atoms with E-state index in [2.05, 4.69) is 46.2 Å². The molecule has 1 amide bonds. The van der Waals surface area contributed by atoms with Crippen molar-refractivity contribution in [2.75, 3.05) is 36.8 Å². The summed E-state index contributed by atoms with van der Waals surface area (Å²) < 4.78 is 0. The molecule has 2 aromatic rings. The SMILES string of the molecule is Cl.Nc1cccc2c1CCCN2CC(=O)N1CCC(Cc2ccccc2)CC1. The molecule has 0 atom stereocenters. The molecule has 2 N–H and O–H groups in total. The number of hydrogen-bond acceptors (Lipinski definition) is 3. The Balaban J connectivity index is 0.00000225. The molecule has 28 heavy (non-hydrogen) atoms. The summed E-state index contributed by atoms with van der Waals surface area (Å²) in [5.74, 6) is 0.940. The van der Waals surface area contributed by atoms with Crippen LogP contribution >= 0.6 is 12.4 Å². The van der Waals surface area contributed by atoms with Crippen LogP contribution in [0.1, 0.15) is 30.4 Å². The van der Waals surface area contributed by atoms with Gasteiger partial charge in [-0.25, -0.2) is 0 Å². The van der Waals surface area contributed by atoms with Gasteiger partial charge in [0.05, 0.1) is 6.54 Å². The van der Waals surface area contributed by atoms with Crippen molar-refractivity contribution in [3.8, 4) is 0 Å². The highest BCUT2D eigenvalue weighted by Gasteiger charge is 2.26. The second-order valence-corrected chi connectivity index (χ2v) is 7.88. The number of nitrogens with two attached hydrogens (primary N) is 1. The predicted octanol–water partition coefficient (Wildman–Crippen LogP) is 3.92. The van der Waals surface area contributed by atoms with Crippen LogP contribution in [0.4, 0.5) is 11.4 Å². The van der Waals surface area contributed by atoms with Crippen LogP contribution in [0.5, 0.6) is 0 Å². The standard InChI is InChI=1S/C23H29N3O.ClH/c24-21-9-4-10-22-20(21)8-5-13-26(22)17-23(27)25-14-11-19(12-15-25)16-18-6-2-1-3-7-18;/h1-4,6-7,9-10,19H,5,8,11-17,24H2;1H. The second kappa shape index (κ2) is 9.33. The molecule has 2 aliphatic rings. The van der Waals surface area contributed by atoms with Crippen LogP contribution < -0.4 is 10.6 Å². The highest BCUT2D eigenvalue weighted by molar-refractivity contribution is 5.85. The fraction of sp³-hybridized carbons (Fsp3) is 0.435. The summed E-state index contributed by atoms with van der Waals surface area (Å²) in [6.07, 6.45) is 5.40. The highest BCUT2D eigenvalue weighted by atomic mass is 35.5. The summed E-state index contributed by atoms with van der Waals surface area (Å²) in [6.45, 7) is 3.17. The third kappa shape index (κ3) is 4.61. The Morgan fingerprint density at radius 3 is 2.50 bits per heavy atom. The number of benzene rings is 2. The Bertz CT molecular complexity index is 788. The van der Waals surface area contributed by atoms with Crippen molar-refractivity contribution in [2.24, 2.45) is 5.92 Å². The van der Waals surface area contributed by atoms with Crippen LogP contribution in [-0.2, 0) is 17.6 Å². The van der Waals surface area contributed by atoms with Gasteiger partial charge in [0.15, 0.2) is 0 Å². The lowest BCUT2D eigenvalue weighted by molar-refractivity contribution is -0.131. The van der Waals surface area contributed by atoms with Crippen molar-refractivity contribution in [3.63, 3.8) is 0 Å². The molecular weight excluding hydrogens is 370 g/mol. The quantitative estimate of drug-likeness (QED) is 0.792. The minimum absolute atomic E-state index is 0. The summed E-state index contributed by atoms with van der Waals surface area (Å²) in [5.41, 5.74) is 10.7. The Hall–Kier alpha value is -2.20. The molecule has 1 fully saturated rings. The Labute approximate surface area is 174 Å². The van der Waals surface area contributed by atoms with Crippen LogP contribution in [0.25, 0.3) is 0 Å². The van der Waals surface area contributed by atoms with Gasteiger partial charge in [-0.05, 0) is 61.3 Å². The first-order valence-corrected chi connectivity index (χ1v) is 10.1. The third-order valence-electron chi connectivity index (χ3n) is 6.04. The average molecular weight is 400 g/mol. The molecule has 0 radical (unpaired) electrons. The van der Waals surface area contributed by atoms with Crippen LogP contribution in [-0.4, -0.2) is 37.0 Å². The van der Waals surface area contributed by atoms with E-state index in [0.717, 1.165) is 63.1 Å². The number of rotatable bonds is 4. The first kappa shape index (κ1) is 20.5. The van der Waals surface area contributed by atoms with Gasteiger partial charge < -0.3 is 15.5 Å². The Morgan fingerprint density at radius 2 is 1.75 bits per heavy atom. The fourth-order valence-corrected chi connectivity index (χ4v) is 4.49. The van der Waals surface area contributed by atoms with E-state index in [0.29, 0.717) is 12.5 Å². The smallest absolute Gasteiger partial charge is 0.242 e. The number of likely N-dealkylation sites (tertiary alicyclic amines) is 1. The van der Waals surface area contributed by atoms with Crippen molar-refractivity contribution in [1.82, 2.24) is 4.90 Å². The minimum Gasteiger partial charge on any atom is -0.398 e. The van der Waals surface area contributed by atoms with E-state index in [-0.39, 0.29) is 18.3 Å². The number of fused-ring (bicyclic) bond motifs is 1. The summed E-state index contributed by atoms with van der Waals surface area (Å²) >= 11 is 0. The third-order valence-corrected chi connectivity index (χ3v) is 6.04. The molecule has 0 spiro atoms. The topological polar surface area (TPSA) is 49.6 Å². The monoisotopic (exact) mass is 399 g/mol. The largest absolute Gasteiger partial charge is 0.398 e. The predicted molar refractivity (Wildman–Crippen MR) is 118 cm³/mol. The molecule has 2 aliphatic heterocycles. The van der Waals surface area contributed by atoms with E-state index in [1.807, 2.05) is 12.1 Å². The molecule has 5 heteroatoms. The van der Waals surface area contributed by atoms with Crippen LogP contribution in [0.15, 0.2) is 48.5 Å². The zero-order chi connectivity index (χ0) is 18.6.